The number of carbonyl (C=O) groups excluding carboxylic acids is 2. The molecule has 80 valence electrons. The summed E-state index contributed by atoms with van der Waals surface area (Å²) in [5.41, 5.74) is 1.31. The number of amides is 1. The molecule has 0 atom stereocenters. The number of benzene rings is 1. The van der Waals surface area contributed by atoms with E-state index in [-0.39, 0.29) is 24.7 Å². The Bertz CT molecular complexity index is 374. The Kier molecular flexibility index (Phi) is 4.00. The minimum atomic E-state index is -0.336. The van der Waals surface area contributed by atoms with Gasteiger partial charge in [0.2, 0.25) is 5.91 Å². The third kappa shape index (κ3) is 3.91. The van der Waals surface area contributed by atoms with Gasteiger partial charge in [-0.05, 0) is 24.6 Å². The SMILES string of the molecule is CC(=O)CC(=O)Nc1cccc(CO)c1. The van der Waals surface area contributed by atoms with E-state index in [9.17, 15) is 9.59 Å². The maximum Gasteiger partial charge on any atom is 0.231 e. The van der Waals surface area contributed by atoms with Gasteiger partial charge in [0.05, 0.1) is 13.0 Å². The lowest BCUT2D eigenvalue weighted by atomic mass is 10.2. The molecule has 1 aromatic carbocycles. The Morgan fingerprint density at radius 1 is 1.40 bits per heavy atom. The van der Waals surface area contributed by atoms with Gasteiger partial charge in [0, 0.05) is 5.69 Å². The third-order valence-electron chi connectivity index (χ3n) is 1.80. The van der Waals surface area contributed by atoms with Crippen LogP contribution in [0.2, 0.25) is 0 Å². The van der Waals surface area contributed by atoms with Gasteiger partial charge in [0.15, 0.2) is 0 Å². The Balaban J connectivity index is 2.63. The first-order valence-corrected chi connectivity index (χ1v) is 4.61. The quantitative estimate of drug-likeness (QED) is 0.726. The predicted octanol–water partition coefficient (Wildman–Crippen LogP) is 1.10. The lowest BCUT2D eigenvalue weighted by molar-refractivity contribution is -0.124. The first-order chi connectivity index (χ1) is 7.11. The maximum absolute atomic E-state index is 11.2. The van der Waals surface area contributed by atoms with E-state index in [2.05, 4.69) is 5.32 Å². The van der Waals surface area contributed by atoms with Crippen LogP contribution < -0.4 is 5.32 Å². The van der Waals surface area contributed by atoms with Gasteiger partial charge in [-0.25, -0.2) is 0 Å². The molecule has 1 rings (SSSR count). The summed E-state index contributed by atoms with van der Waals surface area (Å²) >= 11 is 0. The molecule has 0 saturated heterocycles. The van der Waals surface area contributed by atoms with Crippen molar-refractivity contribution in [2.24, 2.45) is 0 Å². The molecule has 4 heteroatoms. The average Bonchev–Trinajstić information content (AvgIpc) is 2.16. The van der Waals surface area contributed by atoms with Crippen molar-refractivity contribution in [2.75, 3.05) is 5.32 Å². The highest BCUT2D eigenvalue weighted by Gasteiger charge is 2.05. The summed E-state index contributed by atoms with van der Waals surface area (Å²) in [6.07, 6.45) is -0.122. The zero-order valence-electron chi connectivity index (χ0n) is 8.49. The maximum atomic E-state index is 11.2. The molecule has 2 N–H and O–H groups in total. The minimum Gasteiger partial charge on any atom is -0.392 e. The summed E-state index contributed by atoms with van der Waals surface area (Å²) < 4.78 is 0. The summed E-state index contributed by atoms with van der Waals surface area (Å²) in [6.45, 7) is 1.29. The molecule has 0 spiro atoms. The van der Waals surface area contributed by atoms with Gasteiger partial charge in [-0.15, -0.1) is 0 Å². The molecule has 0 radical (unpaired) electrons. The fourth-order valence-corrected chi connectivity index (χ4v) is 1.18. The molecule has 0 aromatic heterocycles. The third-order valence-corrected chi connectivity index (χ3v) is 1.80. The van der Waals surface area contributed by atoms with Gasteiger partial charge < -0.3 is 10.4 Å². The van der Waals surface area contributed by atoms with Crippen LogP contribution in [0.15, 0.2) is 24.3 Å². The molecular weight excluding hydrogens is 194 g/mol. The second kappa shape index (κ2) is 5.26. The van der Waals surface area contributed by atoms with Crippen LogP contribution >= 0.6 is 0 Å². The van der Waals surface area contributed by atoms with Crippen molar-refractivity contribution in [1.82, 2.24) is 0 Å². The molecule has 4 nitrogen and oxygen atoms in total. The largest absolute Gasteiger partial charge is 0.392 e. The smallest absolute Gasteiger partial charge is 0.231 e. The van der Waals surface area contributed by atoms with Gasteiger partial charge >= 0.3 is 0 Å². The highest BCUT2D eigenvalue weighted by molar-refractivity contribution is 6.03. The monoisotopic (exact) mass is 207 g/mol. The van der Waals surface area contributed by atoms with Crippen molar-refractivity contribution in [1.29, 1.82) is 0 Å². The summed E-state index contributed by atoms with van der Waals surface area (Å²) in [4.78, 5) is 21.9. The van der Waals surface area contributed by atoms with Crippen LogP contribution in [-0.4, -0.2) is 16.8 Å². The van der Waals surface area contributed by atoms with Crippen molar-refractivity contribution in [3.8, 4) is 0 Å². The van der Waals surface area contributed by atoms with Crippen molar-refractivity contribution in [2.45, 2.75) is 20.0 Å². The number of aliphatic hydroxyl groups is 1. The number of Topliss-reactive ketones (excluding diaryl/α,β-unsaturated/α-hetero) is 1. The Morgan fingerprint density at radius 3 is 2.73 bits per heavy atom. The molecule has 0 aliphatic carbocycles. The van der Waals surface area contributed by atoms with Gasteiger partial charge in [0.1, 0.15) is 5.78 Å². The fourth-order valence-electron chi connectivity index (χ4n) is 1.18. The van der Waals surface area contributed by atoms with Crippen LogP contribution in [0, 0.1) is 0 Å². The molecule has 0 unspecified atom stereocenters. The van der Waals surface area contributed by atoms with Gasteiger partial charge in [0.25, 0.3) is 0 Å². The topological polar surface area (TPSA) is 66.4 Å². The number of ketones is 1. The van der Waals surface area contributed by atoms with E-state index in [1.807, 2.05) is 0 Å². The van der Waals surface area contributed by atoms with E-state index in [1.54, 1.807) is 24.3 Å². The number of aliphatic hydroxyl groups excluding tert-OH is 1. The number of rotatable bonds is 4. The Hall–Kier alpha value is -1.68. The van der Waals surface area contributed by atoms with Crippen LogP contribution in [0.1, 0.15) is 18.9 Å². The molecule has 0 saturated carbocycles. The number of carbonyl (C=O) groups is 2. The molecule has 0 fully saturated rings. The fraction of sp³-hybridized carbons (Fsp3) is 0.273. The zero-order chi connectivity index (χ0) is 11.3. The van der Waals surface area contributed by atoms with E-state index in [4.69, 9.17) is 5.11 Å². The highest BCUT2D eigenvalue weighted by Crippen LogP contribution is 2.10. The summed E-state index contributed by atoms with van der Waals surface area (Å²) in [7, 11) is 0. The molecular formula is C11H13NO3. The standard InChI is InChI=1S/C11H13NO3/c1-8(14)5-11(15)12-10-4-2-3-9(6-10)7-13/h2-4,6,13H,5,7H2,1H3,(H,12,15). The molecule has 0 bridgehead atoms. The van der Waals surface area contributed by atoms with E-state index in [1.165, 1.54) is 6.92 Å². The summed E-state index contributed by atoms with van der Waals surface area (Å²) in [5, 5.41) is 11.5. The molecule has 1 amide bonds. The Labute approximate surface area is 87.9 Å². The van der Waals surface area contributed by atoms with Crippen LogP contribution in [-0.2, 0) is 16.2 Å². The lowest BCUT2D eigenvalue weighted by Crippen LogP contribution is -2.14. The van der Waals surface area contributed by atoms with Crippen LogP contribution in [0.3, 0.4) is 0 Å². The minimum absolute atomic E-state index is 0.0730. The van der Waals surface area contributed by atoms with Gasteiger partial charge in [-0.2, -0.15) is 0 Å². The molecule has 0 aliphatic rings. The molecule has 0 aliphatic heterocycles. The summed E-state index contributed by atoms with van der Waals surface area (Å²) in [6, 6.07) is 6.85. The summed E-state index contributed by atoms with van der Waals surface area (Å²) in [5.74, 6) is -0.511. The van der Waals surface area contributed by atoms with E-state index in [0.717, 1.165) is 5.56 Å². The number of nitrogens with one attached hydrogen (secondary N) is 1. The number of anilines is 1. The van der Waals surface area contributed by atoms with Crippen molar-refractivity contribution >= 4 is 17.4 Å². The highest BCUT2D eigenvalue weighted by atomic mass is 16.3. The van der Waals surface area contributed by atoms with Crippen molar-refractivity contribution in [3.05, 3.63) is 29.8 Å². The van der Waals surface area contributed by atoms with Gasteiger partial charge in [-0.3, -0.25) is 9.59 Å². The molecule has 0 heterocycles. The number of hydrogen-bond acceptors (Lipinski definition) is 3. The van der Waals surface area contributed by atoms with Crippen molar-refractivity contribution in [3.63, 3.8) is 0 Å². The van der Waals surface area contributed by atoms with Crippen LogP contribution in [0.5, 0.6) is 0 Å². The van der Waals surface area contributed by atoms with Gasteiger partial charge in [-0.1, -0.05) is 12.1 Å². The van der Waals surface area contributed by atoms with E-state index in [0.29, 0.717) is 5.69 Å². The zero-order valence-corrected chi connectivity index (χ0v) is 8.49. The normalized spacial score (nSPS) is 9.73. The van der Waals surface area contributed by atoms with E-state index < -0.39 is 0 Å². The molecule has 1 aromatic rings. The van der Waals surface area contributed by atoms with Crippen LogP contribution in [0.4, 0.5) is 5.69 Å². The van der Waals surface area contributed by atoms with E-state index >= 15 is 0 Å². The lowest BCUT2D eigenvalue weighted by Gasteiger charge is -2.04. The second-order valence-corrected chi connectivity index (χ2v) is 3.29. The Morgan fingerprint density at radius 2 is 2.13 bits per heavy atom. The van der Waals surface area contributed by atoms with Crippen LogP contribution in [0.25, 0.3) is 0 Å². The van der Waals surface area contributed by atoms with Crippen molar-refractivity contribution < 1.29 is 14.7 Å². The predicted molar refractivity (Wildman–Crippen MR) is 56.3 cm³/mol. The first-order valence-electron chi connectivity index (χ1n) is 4.61. The molecule has 15 heavy (non-hydrogen) atoms. The second-order valence-electron chi connectivity index (χ2n) is 3.29. The first kappa shape index (κ1) is 11.4. The number of hydrogen-bond donors (Lipinski definition) is 2. The average molecular weight is 207 g/mol.